The molecule has 1 fully saturated rings. The Morgan fingerprint density at radius 1 is 1.29 bits per heavy atom. The maximum absolute atomic E-state index is 13.1. The van der Waals surface area contributed by atoms with Crippen molar-refractivity contribution in [1.29, 1.82) is 0 Å². The van der Waals surface area contributed by atoms with Crippen molar-refractivity contribution in [3.05, 3.63) is 52.7 Å². The normalized spacial score (nSPS) is 20.2. The number of rotatable bonds is 3. The number of nitrogens with two attached hydrogens (primary N) is 1. The fourth-order valence-corrected chi connectivity index (χ4v) is 4.35. The Labute approximate surface area is 181 Å². The number of carbonyl (C=O) groups is 3. The number of anilines is 2. The number of nitrogen functional groups attached to an aromatic ring is 1. The summed E-state index contributed by atoms with van der Waals surface area (Å²) in [5.74, 6) is -0.685. The smallest absolute Gasteiger partial charge is 0.313 e. The number of fused-ring (bicyclic) bond motifs is 1. The van der Waals surface area contributed by atoms with E-state index < -0.39 is 11.8 Å². The Hall–Kier alpha value is -3.42. The minimum absolute atomic E-state index is 0.0979. The molecule has 1 aromatic carbocycles. The van der Waals surface area contributed by atoms with E-state index in [-0.39, 0.29) is 17.9 Å². The molecule has 162 valence electrons. The summed E-state index contributed by atoms with van der Waals surface area (Å²) >= 11 is 0. The van der Waals surface area contributed by atoms with Crippen LogP contribution < -0.4 is 16.4 Å². The lowest BCUT2D eigenvalue weighted by Gasteiger charge is -2.38. The maximum Gasteiger partial charge on any atom is 0.313 e. The first-order valence-electron chi connectivity index (χ1n) is 10.6. The van der Waals surface area contributed by atoms with Gasteiger partial charge in [-0.15, -0.1) is 0 Å². The molecule has 2 atom stereocenters. The highest BCUT2D eigenvalue weighted by molar-refractivity contribution is 6.39. The fourth-order valence-electron chi connectivity index (χ4n) is 4.35. The van der Waals surface area contributed by atoms with Gasteiger partial charge in [-0.25, -0.2) is 4.98 Å². The molecule has 2 aromatic rings. The largest absolute Gasteiger partial charge is 0.383 e. The minimum Gasteiger partial charge on any atom is -0.383 e. The highest BCUT2D eigenvalue weighted by Crippen LogP contribution is 2.35. The van der Waals surface area contributed by atoms with Gasteiger partial charge in [-0.3, -0.25) is 14.4 Å². The molecular weight excluding hydrogens is 394 g/mol. The monoisotopic (exact) mass is 421 g/mol. The topological polar surface area (TPSA) is 117 Å². The van der Waals surface area contributed by atoms with E-state index in [1.165, 1.54) is 6.20 Å². The van der Waals surface area contributed by atoms with Crippen molar-refractivity contribution in [2.45, 2.75) is 45.7 Å². The van der Waals surface area contributed by atoms with Crippen LogP contribution in [0.15, 0.2) is 30.5 Å². The molecule has 8 heteroatoms. The van der Waals surface area contributed by atoms with E-state index in [2.05, 4.69) is 22.5 Å². The van der Waals surface area contributed by atoms with Gasteiger partial charge in [0.1, 0.15) is 5.82 Å². The number of hydrogen-bond acceptors (Lipinski definition) is 5. The van der Waals surface area contributed by atoms with Gasteiger partial charge in [0.25, 0.3) is 5.91 Å². The van der Waals surface area contributed by atoms with Gasteiger partial charge in [-0.1, -0.05) is 26.0 Å². The highest BCUT2D eigenvalue weighted by atomic mass is 16.2. The number of aryl methyl sites for hydroxylation is 1. The van der Waals surface area contributed by atoms with Gasteiger partial charge in [0, 0.05) is 18.7 Å². The third kappa shape index (κ3) is 4.10. The molecule has 3 heterocycles. The number of likely N-dealkylation sites (tertiary alicyclic amines) is 1. The zero-order chi connectivity index (χ0) is 22.1. The van der Waals surface area contributed by atoms with Crippen LogP contribution in [0.3, 0.4) is 0 Å². The standard InChI is InChI=1S/C23H27N5O3/c1-3-14-8-17(11-25-20(14)24)27-22(30)23(31)28-12-13(2)4-7-19(28)15-5-6-16-10-26-21(29)18(16)9-15/h5-6,8-9,11,13,19H,3-4,7,10,12H2,1-2H3,(H2,24,25)(H,26,29)(H,27,30)/t13-,19+/m1/s1. The lowest BCUT2D eigenvalue weighted by Crippen LogP contribution is -2.46. The van der Waals surface area contributed by atoms with Gasteiger partial charge in [0.2, 0.25) is 0 Å². The summed E-state index contributed by atoms with van der Waals surface area (Å²) in [6, 6.07) is 7.23. The SMILES string of the molecule is CCc1cc(NC(=O)C(=O)N2C[C@H](C)CC[C@H]2c2ccc3c(c2)C(=O)NC3)cnc1N. The van der Waals surface area contributed by atoms with Crippen LogP contribution in [0, 0.1) is 5.92 Å². The van der Waals surface area contributed by atoms with E-state index in [9.17, 15) is 14.4 Å². The Kier molecular flexibility index (Phi) is 5.63. The lowest BCUT2D eigenvalue weighted by atomic mass is 9.88. The number of hydrogen-bond donors (Lipinski definition) is 3. The van der Waals surface area contributed by atoms with Crippen LogP contribution in [0.1, 0.15) is 59.8 Å². The average Bonchev–Trinajstić information content (AvgIpc) is 3.14. The molecule has 2 aliphatic rings. The van der Waals surface area contributed by atoms with Crippen molar-refractivity contribution in [1.82, 2.24) is 15.2 Å². The second kappa shape index (κ2) is 8.37. The van der Waals surface area contributed by atoms with E-state index in [4.69, 9.17) is 5.73 Å². The Balaban J connectivity index is 1.56. The number of aromatic nitrogens is 1. The van der Waals surface area contributed by atoms with Crippen molar-refractivity contribution in [3.8, 4) is 0 Å². The molecule has 0 bridgehead atoms. The minimum atomic E-state index is -0.702. The summed E-state index contributed by atoms with van der Waals surface area (Å²) in [6.45, 7) is 5.03. The van der Waals surface area contributed by atoms with Crippen molar-refractivity contribution in [2.75, 3.05) is 17.6 Å². The quantitative estimate of drug-likeness (QED) is 0.658. The van der Waals surface area contributed by atoms with Crippen LogP contribution in [0.5, 0.6) is 0 Å². The molecule has 0 spiro atoms. The Bertz CT molecular complexity index is 1050. The molecule has 0 aliphatic carbocycles. The number of piperidine rings is 1. The van der Waals surface area contributed by atoms with Gasteiger partial charge >= 0.3 is 11.8 Å². The Morgan fingerprint density at radius 2 is 2.10 bits per heavy atom. The van der Waals surface area contributed by atoms with Crippen LogP contribution in [-0.2, 0) is 22.6 Å². The van der Waals surface area contributed by atoms with Gasteiger partial charge in [0.05, 0.1) is 17.9 Å². The highest BCUT2D eigenvalue weighted by Gasteiger charge is 2.35. The Morgan fingerprint density at radius 3 is 2.87 bits per heavy atom. The molecule has 1 saturated heterocycles. The summed E-state index contributed by atoms with van der Waals surface area (Å²) < 4.78 is 0. The average molecular weight is 422 g/mol. The van der Waals surface area contributed by atoms with Crippen molar-refractivity contribution < 1.29 is 14.4 Å². The molecule has 4 rings (SSSR count). The van der Waals surface area contributed by atoms with Crippen LogP contribution in [0.4, 0.5) is 11.5 Å². The molecule has 8 nitrogen and oxygen atoms in total. The van der Waals surface area contributed by atoms with Gasteiger partial charge in [-0.05, 0) is 54.0 Å². The summed E-state index contributed by atoms with van der Waals surface area (Å²) in [5, 5.41) is 5.48. The van der Waals surface area contributed by atoms with Gasteiger partial charge in [0.15, 0.2) is 0 Å². The van der Waals surface area contributed by atoms with Crippen molar-refractivity contribution in [2.24, 2.45) is 5.92 Å². The number of nitrogens with one attached hydrogen (secondary N) is 2. The summed E-state index contributed by atoms with van der Waals surface area (Å²) in [5.41, 5.74) is 9.56. The molecule has 0 unspecified atom stereocenters. The second-order valence-electron chi connectivity index (χ2n) is 8.33. The van der Waals surface area contributed by atoms with Gasteiger partial charge in [-0.2, -0.15) is 0 Å². The number of nitrogens with zero attached hydrogens (tertiary/aromatic N) is 2. The van der Waals surface area contributed by atoms with Gasteiger partial charge < -0.3 is 21.3 Å². The number of pyridine rings is 1. The predicted molar refractivity (Wildman–Crippen MR) is 117 cm³/mol. The van der Waals surface area contributed by atoms with Crippen LogP contribution >= 0.6 is 0 Å². The zero-order valence-corrected chi connectivity index (χ0v) is 17.8. The first kappa shape index (κ1) is 20.8. The molecule has 3 amide bonds. The van der Waals surface area contributed by atoms with E-state index >= 15 is 0 Å². The molecule has 1 aromatic heterocycles. The summed E-state index contributed by atoms with van der Waals surface area (Å²) in [6.07, 6.45) is 3.81. The number of benzene rings is 1. The molecule has 2 aliphatic heterocycles. The van der Waals surface area contributed by atoms with Crippen LogP contribution in [0.2, 0.25) is 0 Å². The van der Waals surface area contributed by atoms with E-state index in [1.807, 2.05) is 25.1 Å². The van der Waals surface area contributed by atoms with E-state index in [0.29, 0.717) is 36.6 Å². The van der Waals surface area contributed by atoms with E-state index in [0.717, 1.165) is 29.5 Å². The summed E-state index contributed by atoms with van der Waals surface area (Å²) in [7, 11) is 0. The molecule has 0 radical (unpaired) electrons. The third-order valence-corrected chi connectivity index (χ3v) is 6.12. The number of carbonyl (C=O) groups excluding carboxylic acids is 3. The second-order valence-corrected chi connectivity index (χ2v) is 8.33. The lowest BCUT2D eigenvalue weighted by molar-refractivity contribution is -0.146. The molecule has 4 N–H and O–H groups in total. The molecule has 0 saturated carbocycles. The fraction of sp³-hybridized carbons (Fsp3) is 0.391. The zero-order valence-electron chi connectivity index (χ0n) is 17.8. The predicted octanol–water partition coefficient (Wildman–Crippen LogP) is 2.41. The first-order valence-corrected chi connectivity index (χ1v) is 10.6. The van der Waals surface area contributed by atoms with Crippen molar-refractivity contribution in [3.63, 3.8) is 0 Å². The molecule has 31 heavy (non-hydrogen) atoms. The third-order valence-electron chi connectivity index (χ3n) is 6.12. The van der Waals surface area contributed by atoms with Crippen LogP contribution in [-0.4, -0.2) is 34.2 Å². The van der Waals surface area contributed by atoms with E-state index in [1.54, 1.807) is 11.0 Å². The maximum atomic E-state index is 13.1. The number of amides is 3. The first-order chi connectivity index (χ1) is 14.9. The molecular formula is C23H27N5O3. The van der Waals surface area contributed by atoms with Crippen LogP contribution in [0.25, 0.3) is 0 Å². The summed E-state index contributed by atoms with van der Waals surface area (Å²) in [4.78, 5) is 43.7. The van der Waals surface area contributed by atoms with Crippen molar-refractivity contribution >= 4 is 29.2 Å².